The Hall–Kier alpha value is -3.88. The summed E-state index contributed by atoms with van der Waals surface area (Å²) in [5.74, 6) is -11.5. The van der Waals surface area contributed by atoms with Gasteiger partial charge >= 0.3 is 50.1 Å². The van der Waals surface area contributed by atoms with Gasteiger partial charge in [0.05, 0.1) is 23.8 Å². The molecule has 0 aromatic rings. The van der Waals surface area contributed by atoms with Gasteiger partial charge in [-0.1, -0.05) is 0 Å². The smallest absolute Gasteiger partial charge is 0.629 e. The van der Waals surface area contributed by atoms with E-state index in [4.69, 9.17) is 40.9 Å². The van der Waals surface area contributed by atoms with Crippen LogP contribution in [0.3, 0.4) is 0 Å². The van der Waals surface area contributed by atoms with Gasteiger partial charge in [0.2, 0.25) is 0 Å². The number of carboxylic acid groups (broad SMARTS) is 4. The molecule has 0 rings (SSSR count). The summed E-state index contributed by atoms with van der Waals surface area (Å²) in [6.07, 6.45) is 0.667. The van der Waals surface area contributed by atoms with Gasteiger partial charge in [0.15, 0.2) is 0 Å². The van der Waals surface area contributed by atoms with Gasteiger partial charge in [0.1, 0.15) is 0 Å². The zero-order valence-electron chi connectivity index (χ0n) is 13.7. The zero-order chi connectivity index (χ0) is 23.4. The van der Waals surface area contributed by atoms with Crippen molar-refractivity contribution in [2.75, 3.05) is 0 Å². The molecule has 17 heteroatoms. The van der Waals surface area contributed by atoms with Crippen LogP contribution in [0, 0.1) is 0 Å². The number of hydrogen-bond acceptors (Lipinski definition) is 12. The minimum absolute atomic E-state index is 0. The molecule has 0 unspecified atom stereocenters. The van der Waals surface area contributed by atoms with Crippen LogP contribution in [-0.4, -0.2) is 64.7 Å². The molecule has 0 radical (unpaired) electrons. The van der Waals surface area contributed by atoms with Crippen LogP contribution in [0.2, 0.25) is 0 Å². The van der Waals surface area contributed by atoms with Gasteiger partial charge in [-0.15, -0.1) is 0 Å². The van der Waals surface area contributed by atoms with Crippen molar-refractivity contribution in [3.8, 4) is 0 Å². The van der Waals surface area contributed by atoms with E-state index in [9.17, 15) is 39.6 Å². The Kier molecular flexibility index (Phi) is 27.6. The third-order valence-corrected chi connectivity index (χ3v) is 0.988. The van der Waals surface area contributed by atoms with Crippen molar-refractivity contribution in [3.63, 3.8) is 0 Å². The molecule has 16 nitrogen and oxygen atoms in total. The zero-order valence-corrected chi connectivity index (χ0v) is 16.1. The van der Waals surface area contributed by atoms with E-state index in [2.05, 4.69) is 0 Å². The van der Waals surface area contributed by atoms with Crippen LogP contribution < -0.4 is 20.4 Å². The van der Waals surface area contributed by atoms with E-state index >= 15 is 0 Å². The Morgan fingerprint density at radius 1 is 0.414 bits per heavy atom. The summed E-state index contributed by atoms with van der Waals surface area (Å²) in [5.41, 5.74) is 0. The van der Waals surface area contributed by atoms with E-state index in [-0.39, 0.29) is 50.5 Å². The summed E-state index contributed by atoms with van der Waals surface area (Å²) in [7, 11) is 0. The van der Waals surface area contributed by atoms with Gasteiger partial charge in [0, 0.05) is 24.3 Å². The minimum atomic E-state index is -1.44. The fourth-order valence-electron chi connectivity index (χ4n) is 0.423. The predicted molar refractivity (Wildman–Crippen MR) is 73.4 cm³/mol. The Morgan fingerprint density at radius 3 is 0.517 bits per heavy atom. The van der Waals surface area contributed by atoms with Crippen molar-refractivity contribution in [3.05, 3.63) is 48.1 Å². The van der Waals surface area contributed by atoms with E-state index in [1.807, 2.05) is 0 Å². The van der Waals surface area contributed by atoms with Crippen LogP contribution in [0.5, 0.6) is 0 Å². The third kappa shape index (κ3) is 80.3. The molecule has 160 valence electrons. The summed E-state index contributed by atoms with van der Waals surface area (Å²) in [5, 5.41) is 98.7. The van der Waals surface area contributed by atoms with Crippen LogP contribution in [0.15, 0.2) is 48.1 Å². The molecule has 29 heavy (non-hydrogen) atoms. The molecule has 0 heterocycles. The molecule has 0 spiro atoms. The first kappa shape index (κ1) is 36.1. The average molecular weight is 503 g/mol. The van der Waals surface area contributed by atoms with Crippen LogP contribution in [0.25, 0.3) is 0 Å². The summed E-state index contributed by atoms with van der Waals surface area (Å²) >= 11 is 0. The second-order valence-electron chi connectivity index (χ2n) is 3.28. The van der Waals surface area contributed by atoms with Gasteiger partial charge in [0.25, 0.3) is 0 Å². The number of carboxylic acids is 4. The van der Waals surface area contributed by atoms with E-state index in [1.54, 1.807) is 0 Å². The first-order chi connectivity index (χ1) is 12.5. The Balaban J connectivity index is -0.0000000873. The summed E-state index contributed by atoms with van der Waals surface area (Å²) in [4.78, 5) is 37.5. The van der Waals surface area contributed by atoms with E-state index < -0.39 is 47.7 Å². The second-order valence-corrected chi connectivity index (χ2v) is 3.28. The normalized spacial score (nSPS) is 10.8. The molecule has 0 saturated heterocycles. The maximum Gasteiger partial charge on any atom is 4.00 e. The topological polar surface area (TPSA) is 322 Å². The molecule has 0 bridgehead atoms. The molecular formula is C12H12O16Zr. The van der Waals surface area contributed by atoms with Gasteiger partial charge in [-0.05, 0) is 0 Å². The fourth-order valence-corrected chi connectivity index (χ4v) is 0.423. The molecule has 0 amide bonds. The van der Waals surface area contributed by atoms with Crippen LogP contribution in [-0.2, 0) is 45.4 Å². The van der Waals surface area contributed by atoms with Crippen molar-refractivity contribution in [1.29, 1.82) is 0 Å². The number of aliphatic carboxylic acids is 4. The summed E-state index contributed by atoms with van der Waals surface area (Å²) in [6, 6.07) is 0. The predicted octanol–water partition coefficient (Wildman–Crippen LogP) is -4.68. The molecule has 0 fully saturated rings. The molecule has 0 aromatic heterocycles. The average Bonchev–Trinajstić information content (AvgIpc) is 2.32. The SMILES string of the molecule is O=C(O)C=C([O-])O.O=C(O)C=C([O-])O.O=C(O)C=C([O-])O.O=C(O)C=C([O-])O.[Zr+4]. The van der Waals surface area contributed by atoms with E-state index in [0.717, 1.165) is 0 Å². The summed E-state index contributed by atoms with van der Waals surface area (Å²) in [6.45, 7) is 0. The van der Waals surface area contributed by atoms with E-state index in [0.29, 0.717) is 0 Å². The van der Waals surface area contributed by atoms with Crippen molar-refractivity contribution < 1.29 is 107 Å². The van der Waals surface area contributed by atoms with Crippen LogP contribution in [0.4, 0.5) is 0 Å². The largest absolute Gasteiger partial charge is 4.00 e. The summed E-state index contributed by atoms with van der Waals surface area (Å²) < 4.78 is 0. The van der Waals surface area contributed by atoms with E-state index in [1.165, 1.54) is 0 Å². The number of carbonyl (C=O) groups is 4. The van der Waals surface area contributed by atoms with Crippen molar-refractivity contribution in [1.82, 2.24) is 0 Å². The molecule has 0 saturated carbocycles. The first-order valence-corrected chi connectivity index (χ1v) is 5.73. The quantitative estimate of drug-likeness (QED) is 0.132. The number of aliphatic hydroxyl groups excluding tert-OH is 4. The Bertz CT molecular complexity index is 516. The molecule has 0 aliphatic heterocycles. The first-order valence-electron chi connectivity index (χ1n) is 5.73. The molecule has 8 N–H and O–H groups in total. The molecule has 0 aliphatic carbocycles. The van der Waals surface area contributed by atoms with Crippen molar-refractivity contribution in [2.45, 2.75) is 0 Å². The van der Waals surface area contributed by atoms with Gasteiger partial charge in [-0.25, -0.2) is 19.2 Å². The van der Waals surface area contributed by atoms with Gasteiger partial charge < -0.3 is 61.3 Å². The van der Waals surface area contributed by atoms with Gasteiger partial charge in [-0.2, -0.15) is 0 Å². The number of hydrogen-bond donors (Lipinski definition) is 8. The van der Waals surface area contributed by atoms with Crippen LogP contribution in [0.1, 0.15) is 0 Å². The standard InChI is InChI=1S/4C3H4O4.Zr/c4*4-2(5)1-3(6)7;/h4*1,4-5H,(H,6,7);/q;;;;+4/p-4. The molecule has 0 aromatic carbocycles. The van der Waals surface area contributed by atoms with Crippen molar-refractivity contribution in [2.24, 2.45) is 0 Å². The Labute approximate surface area is 178 Å². The Morgan fingerprint density at radius 2 is 0.517 bits per heavy atom. The third-order valence-electron chi connectivity index (χ3n) is 0.988. The van der Waals surface area contributed by atoms with Crippen LogP contribution >= 0.6 is 0 Å². The second kappa shape index (κ2) is 22.2. The van der Waals surface area contributed by atoms with Gasteiger partial charge in [-0.3, -0.25) is 0 Å². The molecule has 0 atom stereocenters. The molecular weight excluding hydrogens is 491 g/mol. The monoisotopic (exact) mass is 502 g/mol. The fraction of sp³-hybridized carbons (Fsp3) is 0. The maximum atomic E-state index is 9.37. The number of aliphatic hydroxyl groups is 4. The molecule has 0 aliphatic rings. The number of rotatable bonds is 4. The van der Waals surface area contributed by atoms with Crippen molar-refractivity contribution >= 4 is 23.9 Å². The minimum Gasteiger partial charge on any atom is -0.629 e. The maximum absolute atomic E-state index is 9.37.